The number of rotatable bonds is 7. The number of nitrogens with zero attached hydrogens (tertiary/aromatic N) is 2. The molecule has 1 N–H and O–H groups in total. The van der Waals surface area contributed by atoms with Gasteiger partial charge in [0.05, 0.1) is 21.2 Å². The van der Waals surface area contributed by atoms with Gasteiger partial charge in [0.25, 0.3) is 0 Å². The van der Waals surface area contributed by atoms with Crippen molar-refractivity contribution in [1.29, 1.82) is 0 Å². The Labute approximate surface area is 183 Å². The number of thiophene rings is 1. The minimum Gasteiger partial charge on any atom is -0.479 e. The quantitative estimate of drug-likeness (QED) is 0.451. The third kappa shape index (κ3) is 4.68. The van der Waals surface area contributed by atoms with E-state index < -0.39 is 22.4 Å². The molecule has 0 saturated carbocycles. The van der Waals surface area contributed by atoms with Gasteiger partial charge in [-0.2, -0.15) is 0 Å². The predicted octanol–water partition coefficient (Wildman–Crippen LogP) is 4.13. The van der Waals surface area contributed by atoms with E-state index in [0.29, 0.717) is 0 Å². The Balaban J connectivity index is 1.75. The van der Waals surface area contributed by atoms with Crippen LogP contribution in [-0.2, 0) is 14.6 Å². The Bertz CT molecular complexity index is 1340. The van der Waals surface area contributed by atoms with Gasteiger partial charge in [0, 0.05) is 17.2 Å². The number of hydrogen-bond donors (Lipinski definition) is 1. The summed E-state index contributed by atoms with van der Waals surface area (Å²) in [7, 11) is -3.31. The van der Waals surface area contributed by atoms with Gasteiger partial charge in [0.15, 0.2) is 16.4 Å². The second-order valence-electron chi connectivity index (χ2n) is 6.76. The number of para-hydroxylation sites is 1. The fourth-order valence-corrected chi connectivity index (χ4v) is 4.69. The van der Waals surface area contributed by atoms with Crippen LogP contribution in [0.3, 0.4) is 0 Å². The van der Waals surface area contributed by atoms with Crippen molar-refractivity contribution < 1.29 is 23.1 Å². The standard InChI is InChI=1S/C22H18N2O5S2/c1-31(27,28)17-9-5-6-15(12-17)19-10-11-20(30-19)18-13-21(29-14-22(25)26)23-24(18)16-7-3-2-4-8-16/h2-13H,14H2,1H3,(H,25,26). The fraction of sp³-hybridized carbons (Fsp3) is 0.0909. The second-order valence-corrected chi connectivity index (χ2v) is 9.86. The molecular formula is C22H18N2O5S2. The summed E-state index contributed by atoms with van der Waals surface area (Å²) in [5.74, 6) is -0.879. The molecule has 31 heavy (non-hydrogen) atoms. The molecule has 0 saturated heterocycles. The Morgan fingerprint density at radius 3 is 2.48 bits per heavy atom. The normalized spacial score (nSPS) is 11.4. The molecule has 9 heteroatoms. The number of ether oxygens (including phenoxy) is 1. The van der Waals surface area contributed by atoms with Gasteiger partial charge in [-0.25, -0.2) is 17.9 Å². The number of hydrogen-bond acceptors (Lipinski definition) is 6. The fourth-order valence-electron chi connectivity index (χ4n) is 3.02. The van der Waals surface area contributed by atoms with Gasteiger partial charge >= 0.3 is 5.97 Å². The first-order valence-electron chi connectivity index (χ1n) is 9.22. The summed E-state index contributed by atoms with van der Waals surface area (Å²) in [6.45, 7) is -0.487. The van der Waals surface area contributed by atoms with Crippen molar-refractivity contribution in [2.24, 2.45) is 0 Å². The Morgan fingerprint density at radius 1 is 1.03 bits per heavy atom. The highest BCUT2D eigenvalue weighted by Gasteiger charge is 2.16. The topological polar surface area (TPSA) is 98.5 Å². The maximum Gasteiger partial charge on any atom is 0.341 e. The van der Waals surface area contributed by atoms with E-state index in [4.69, 9.17) is 9.84 Å². The largest absolute Gasteiger partial charge is 0.479 e. The van der Waals surface area contributed by atoms with Gasteiger partial charge in [-0.05, 0) is 42.0 Å². The van der Waals surface area contributed by atoms with Gasteiger partial charge in [-0.15, -0.1) is 16.4 Å². The zero-order valence-electron chi connectivity index (χ0n) is 16.4. The van der Waals surface area contributed by atoms with Crippen LogP contribution in [0.5, 0.6) is 5.88 Å². The van der Waals surface area contributed by atoms with Crippen molar-refractivity contribution in [2.75, 3.05) is 12.9 Å². The van der Waals surface area contributed by atoms with Crippen LogP contribution in [0, 0.1) is 0 Å². The van der Waals surface area contributed by atoms with E-state index in [1.165, 1.54) is 17.6 Å². The molecule has 2 heterocycles. The van der Waals surface area contributed by atoms with Gasteiger partial charge in [-0.3, -0.25) is 0 Å². The lowest BCUT2D eigenvalue weighted by molar-refractivity contribution is -0.139. The monoisotopic (exact) mass is 454 g/mol. The van der Waals surface area contributed by atoms with E-state index in [9.17, 15) is 13.2 Å². The van der Waals surface area contributed by atoms with Gasteiger partial charge < -0.3 is 9.84 Å². The Morgan fingerprint density at radius 2 is 1.77 bits per heavy atom. The maximum atomic E-state index is 11.9. The third-order valence-corrected chi connectivity index (χ3v) is 6.70. The smallest absolute Gasteiger partial charge is 0.341 e. The second kappa shape index (κ2) is 8.37. The first kappa shape index (κ1) is 20.8. The van der Waals surface area contributed by atoms with E-state index >= 15 is 0 Å². The van der Waals surface area contributed by atoms with E-state index in [1.807, 2.05) is 48.5 Å². The number of benzene rings is 2. The summed E-state index contributed by atoms with van der Waals surface area (Å²) in [6, 6.07) is 21.8. The van der Waals surface area contributed by atoms with Gasteiger partial charge in [0.1, 0.15) is 0 Å². The van der Waals surface area contributed by atoms with Crippen molar-refractivity contribution in [3.63, 3.8) is 0 Å². The summed E-state index contributed by atoms with van der Waals surface area (Å²) < 4.78 is 30.8. The molecule has 0 aliphatic heterocycles. The SMILES string of the molecule is CS(=O)(=O)c1cccc(-c2ccc(-c3cc(OCC(=O)O)nn3-c3ccccc3)s2)c1. The molecule has 7 nitrogen and oxygen atoms in total. The molecule has 4 aromatic rings. The van der Waals surface area contributed by atoms with Crippen LogP contribution in [0.4, 0.5) is 0 Å². The summed E-state index contributed by atoms with van der Waals surface area (Å²) in [6.07, 6.45) is 1.18. The van der Waals surface area contributed by atoms with Gasteiger partial charge in [0.2, 0.25) is 5.88 Å². The number of carboxylic acids is 1. The number of aliphatic carboxylic acids is 1. The lowest BCUT2D eigenvalue weighted by Gasteiger charge is -2.05. The predicted molar refractivity (Wildman–Crippen MR) is 119 cm³/mol. The van der Waals surface area contributed by atoms with Crippen LogP contribution in [-0.4, -0.2) is 42.1 Å². The van der Waals surface area contributed by atoms with Crippen LogP contribution in [0.1, 0.15) is 0 Å². The maximum absolute atomic E-state index is 11.9. The lowest BCUT2D eigenvalue weighted by Crippen LogP contribution is -2.09. The molecule has 0 amide bonds. The van der Waals surface area contributed by atoms with Crippen LogP contribution in [0.2, 0.25) is 0 Å². The molecule has 0 radical (unpaired) electrons. The zero-order chi connectivity index (χ0) is 22.0. The molecule has 0 aliphatic rings. The molecule has 2 aromatic heterocycles. The van der Waals surface area contributed by atoms with E-state index in [0.717, 1.165) is 26.7 Å². The van der Waals surface area contributed by atoms with Crippen LogP contribution >= 0.6 is 11.3 Å². The van der Waals surface area contributed by atoms with Crippen LogP contribution in [0.15, 0.2) is 77.7 Å². The summed E-state index contributed by atoms with van der Waals surface area (Å²) in [5, 5.41) is 13.3. The van der Waals surface area contributed by atoms with Crippen LogP contribution < -0.4 is 4.74 Å². The lowest BCUT2D eigenvalue weighted by atomic mass is 10.2. The van der Waals surface area contributed by atoms with Gasteiger partial charge in [-0.1, -0.05) is 30.3 Å². The highest BCUT2D eigenvalue weighted by Crippen LogP contribution is 2.37. The molecule has 4 rings (SSSR count). The average molecular weight is 455 g/mol. The molecule has 0 bridgehead atoms. The Hall–Kier alpha value is -3.43. The first-order chi connectivity index (χ1) is 14.8. The van der Waals surface area contributed by atoms with Crippen molar-refractivity contribution in [1.82, 2.24) is 9.78 Å². The minimum atomic E-state index is -3.31. The molecular weight excluding hydrogens is 436 g/mol. The molecule has 0 unspecified atom stereocenters. The van der Waals surface area contributed by atoms with Crippen molar-refractivity contribution in [3.8, 4) is 32.6 Å². The molecule has 158 valence electrons. The summed E-state index contributed by atoms with van der Waals surface area (Å²) in [4.78, 5) is 12.9. The summed E-state index contributed by atoms with van der Waals surface area (Å²) in [5.41, 5.74) is 2.34. The molecule has 0 aliphatic carbocycles. The van der Waals surface area contributed by atoms with Crippen molar-refractivity contribution in [2.45, 2.75) is 4.90 Å². The zero-order valence-corrected chi connectivity index (χ0v) is 18.1. The van der Waals surface area contributed by atoms with Crippen molar-refractivity contribution in [3.05, 3.63) is 72.8 Å². The summed E-state index contributed by atoms with van der Waals surface area (Å²) >= 11 is 1.48. The number of carbonyl (C=O) groups is 1. The third-order valence-electron chi connectivity index (χ3n) is 4.44. The number of carboxylic acid groups (broad SMARTS) is 1. The van der Waals surface area contributed by atoms with E-state index in [2.05, 4.69) is 5.10 Å². The molecule has 0 spiro atoms. The number of aromatic nitrogens is 2. The van der Waals surface area contributed by atoms with E-state index in [-0.39, 0.29) is 10.8 Å². The Kier molecular flexibility index (Phi) is 5.62. The van der Waals surface area contributed by atoms with E-state index in [1.54, 1.807) is 28.9 Å². The first-order valence-corrected chi connectivity index (χ1v) is 11.9. The minimum absolute atomic E-state index is 0.204. The highest BCUT2D eigenvalue weighted by atomic mass is 32.2. The molecule has 0 atom stereocenters. The highest BCUT2D eigenvalue weighted by molar-refractivity contribution is 7.90. The van der Waals surface area contributed by atoms with Crippen molar-refractivity contribution >= 4 is 27.1 Å². The molecule has 2 aromatic carbocycles. The average Bonchev–Trinajstić information content (AvgIpc) is 3.40. The van der Waals surface area contributed by atoms with Crippen LogP contribution in [0.25, 0.3) is 26.7 Å². The molecule has 0 fully saturated rings. The number of sulfone groups is 1.